The Morgan fingerprint density at radius 3 is 2.19 bits per heavy atom. The number of ether oxygens (including phenoxy) is 2. The summed E-state index contributed by atoms with van der Waals surface area (Å²) < 4.78 is 9.92. The lowest BCUT2D eigenvalue weighted by atomic mass is 10.1. The summed E-state index contributed by atoms with van der Waals surface area (Å²) in [6.45, 7) is 4.22. The van der Waals surface area contributed by atoms with E-state index in [4.69, 9.17) is 4.74 Å². The number of carbonyl (C=O) groups is 3. The number of hydrogen-bond acceptors (Lipinski definition) is 6. The fourth-order valence-electron chi connectivity index (χ4n) is 3.36. The molecule has 0 spiro atoms. The first kappa shape index (κ1) is 22.1. The number of para-hydroxylation sites is 1. The molecule has 1 amide bonds. The molecule has 0 aromatic heterocycles. The molecule has 0 saturated carbocycles. The summed E-state index contributed by atoms with van der Waals surface area (Å²) >= 11 is 0. The van der Waals surface area contributed by atoms with Crippen molar-refractivity contribution in [3.8, 4) is 0 Å². The summed E-state index contributed by atoms with van der Waals surface area (Å²) in [5, 5.41) is 0. The highest BCUT2D eigenvalue weighted by Gasteiger charge is 2.26. The molecule has 1 aliphatic heterocycles. The number of rotatable bonds is 6. The van der Waals surface area contributed by atoms with E-state index in [9.17, 15) is 14.4 Å². The summed E-state index contributed by atoms with van der Waals surface area (Å²) in [7, 11) is 1.32. The van der Waals surface area contributed by atoms with Crippen LogP contribution in [0.5, 0.6) is 0 Å². The minimum absolute atomic E-state index is 0.197. The topological polar surface area (TPSA) is 76.2 Å². The van der Waals surface area contributed by atoms with Gasteiger partial charge in [-0.15, -0.1) is 0 Å². The summed E-state index contributed by atoms with van der Waals surface area (Å²) in [6.07, 6.45) is 1.98. The Balaban J connectivity index is 1.47. The molecule has 1 saturated heterocycles. The summed E-state index contributed by atoms with van der Waals surface area (Å²) in [6, 6.07) is 16.7. The number of carbonyl (C=O) groups excluding carboxylic acids is 3. The Kier molecular flexibility index (Phi) is 7.43. The molecule has 7 nitrogen and oxygen atoms in total. The molecule has 0 bridgehead atoms. The third kappa shape index (κ3) is 5.94. The Labute approximate surface area is 181 Å². The van der Waals surface area contributed by atoms with Crippen molar-refractivity contribution in [2.75, 3.05) is 38.2 Å². The van der Waals surface area contributed by atoms with Gasteiger partial charge in [0, 0.05) is 37.9 Å². The second-order valence-electron chi connectivity index (χ2n) is 7.17. The molecule has 31 heavy (non-hydrogen) atoms. The van der Waals surface area contributed by atoms with Crippen molar-refractivity contribution >= 4 is 29.6 Å². The Hall–Kier alpha value is -3.61. The van der Waals surface area contributed by atoms with Crippen LogP contribution < -0.4 is 4.90 Å². The molecule has 1 heterocycles. The highest BCUT2D eigenvalue weighted by Crippen LogP contribution is 2.16. The minimum Gasteiger partial charge on any atom is -0.465 e. The Morgan fingerprint density at radius 2 is 1.58 bits per heavy atom. The Bertz CT molecular complexity index is 932. The van der Waals surface area contributed by atoms with Gasteiger partial charge >= 0.3 is 11.9 Å². The predicted molar refractivity (Wildman–Crippen MR) is 118 cm³/mol. The van der Waals surface area contributed by atoms with Crippen molar-refractivity contribution in [1.29, 1.82) is 0 Å². The lowest BCUT2D eigenvalue weighted by Crippen LogP contribution is -2.51. The molecule has 3 rings (SSSR count). The number of piperazine rings is 1. The summed E-state index contributed by atoms with van der Waals surface area (Å²) in [5.74, 6) is -1.22. The van der Waals surface area contributed by atoms with Crippen LogP contribution in [0.4, 0.5) is 5.69 Å². The average molecular weight is 422 g/mol. The highest BCUT2D eigenvalue weighted by atomic mass is 16.5. The number of amides is 1. The smallest absolute Gasteiger partial charge is 0.337 e. The summed E-state index contributed by atoms with van der Waals surface area (Å²) in [4.78, 5) is 40.2. The molecule has 1 unspecified atom stereocenters. The first-order valence-corrected chi connectivity index (χ1v) is 10.1. The van der Waals surface area contributed by atoms with Gasteiger partial charge in [-0.1, -0.05) is 30.3 Å². The van der Waals surface area contributed by atoms with Gasteiger partial charge in [0.1, 0.15) is 0 Å². The molecule has 0 radical (unpaired) electrons. The third-order valence-electron chi connectivity index (χ3n) is 5.10. The number of benzene rings is 2. The largest absolute Gasteiger partial charge is 0.465 e. The fraction of sp³-hybridized carbons (Fsp3) is 0.292. The highest BCUT2D eigenvalue weighted by molar-refractivity contribution is 5.91. The maximum Gasteiger partial charge on any atom is 0.337 e. The van der Waals surface area contributed by atoms with Gasteiger partial charge < -0.3 is 19.3 Å². The zero-order valence-corrected chi connectivity index (χ0v) is 17.7. The zero-order valence-electron chi connectivity index (χ0n) is 17.7. The standard InChI is InChI=1S/C24H26N2O5/c1-18(23(28)26-16-14-25(15-17-26)21-6-4-3-5-7-21)31-22(27)13-10-19-8-11-20(12-9-19)24(29)30-2/h3-13,18H,14-17H2,1-2H3/b13-10+. The molecule has 2 aromatic rings. The maximum absolute atomic E-state index is 12.6. The van der Waals surface area contributed by atoms with Crippen molar-refractivity contribution in [2.24, 2.45) is 0 Å². The van der Waals surface area contributed by atoms with Crippen LogP contribution in [0.15, 0.2) is 60.7 Å². The molecule has 1 fully saturated rings. The first-order chi connectivity index (χ1) is 15.0. The number of nitrogens with zero attached hydrogens (tertiary/aromatic N) is 2. The maximum atomic E-state index is 12.6. The predicted octanol–water partition coefficient (Wildman–Crippen LogP) is 2.77. The van der Waals surface area contributed by atoms with E-state index < -0.39 is 18.0 Å². The van der Waals surface area contributed by atoms with E-state index in [0.717, 1.165) is 24.3 Å². The molecule has 1 aliphatic rings. The summed E-state index contributed by atoms with van der Waals surface area (Å²) in [5.41, 5.74) is 2.29. The van der Waals surface area contributed by atoms with E-state index >= 15 is 0 Å². The molecule has 0 N–H and O–H groups in total. The van der Waals surface area contributed by atoms with Gasteiger partial charge in [-0.25, -0.2) is 9.59 Å². The Morgan fingerprint density at radius 1 is 0.935 bits per heavy atom. The van der Waals surface area contributed by atoms with Gasteiger partial charge in [0.05, 0.1) is 12.7 Å². The monoisotopic (exact) mass is 422 g/mol. The van der Waals surface area contributed by atoms with E-state index in [2.05, 4.69) is 21.8 Å². The lowest BCUT2D eigenvalue weighted by molar-refractivity contribution is -0.155. The number of esters is 2. The SMILES string of the molecule is COC(=O)c1ccc(/C=C/C(=O)OC(C)C(=O)N2CCN(c3ccccc3)CC2)cc1. The van der Waals surface area contributed by atoms with Gasteiger partial charge in [0.15, 0.2) is 6.10 Å². The van der Waals surface area contributed by atoms with Crippen LogP contribution in [-0.4, -0.2) is 62.1 Å². The molecule has 7 heteroatoms. The molecular weight excluding hydrogens is 396 g/mol. The number of hydrogen-bond donors (Lipinski definition) is 0. The van der Waals surface area contributed by atoms with Gasteiger partial charge in [0.2, 0.25) is 0 Å². The molecule has 1 atom stereocenters. The van der Waals surface area contributed by atoms with E-state index in [-0.39, 0.29) is 5.91 Å². The van der Waals surface area contributed by atoms with E-state index in [1.165, 1.54) is 13.2 Å². The third-order valence-corrected chi connectivity index (χ3v) is 5.10. The van der Waals surface area contributed by atoms with E-state index in [1.807, 2.05) is 18.2 Å². The van der Waals surface area contributed by atoms with Gasteiger partial charge in [0.25, 0.3) is 5.91 Å². The van der Waals surface area contributed by atoms with Crippen LogP contribution in [-0.2, 0) is 19.1 Å². The van der Waals surface area contributed by atoms with Crippen LogP contribution in [0.2, 0.25) is 0 Å². The van der Waals surface area contributed by atoms with Crippen molar-refractivity contribution < 1.29 is 23.9 Å². The molecule has 162 valence electrons. The van der Waals surface area contributed by atoms with Crippen molar-refractivity contribution in [2.45, 2.75) is 13.0 Å². The number of methoxy groups -OCH3 is 1. The molecular formula is C24H26N2O5. The second kappa shape index (κ2) is 10.4. The molecule has 0 aliphatic carbocycles. The van der Waals surface area contributed by atoms with Crippen molar-refractivity contribution in [3.05, 3.63) is 71.8 Å². The minimum atomic E-state index is -0.859. The van der Waals surface area contributed by atoms with Crippen LogP contribution in [0.25, 0.3) is 6.08 Å². The van der Waals surface area contributed by atoms with Crippen LogP contribution in [0, 0.1) is 0 Å². The van der Waals surface area contributed by atoms with Crippen molar-refractivity contribution in [1.82, 2.24) is 4.90 Å². The van der Waals surface area contributed by atoms with Gasteiger partial charge in [-0.05, 0) is 42.8 Å². The van der Waals surface area contributed by atoms with Gasteiger partial charge in [-0.3, -0.25) is 4.79 Å². The normalized spacial score (nSPS) is 14.9. The van der Waals surface area contributed by atoms with Crippen LogP contribution in [0.3, 0.4) is 0 Å². The fourth-order valence-corrected chi connectivity index (χ4v) is 3.36. The van der Waals surface area contributed by atoms with Crippen LogP contribution in [0.1, 0.15) is 22.8 Å². The lowest BCUT2D eigenvalue weighted by Gasteiger charge is -2.36. The van der Waals surface area contributed by atoms with E-state index in [1.54, 1.807) is 42.2 Å². The van der Waals surface area contributed by atoms with Crippen LogP contribution >= 0.6 is 0 Å². The van der Waals surface area contributed by atoms with E-state index in [0.29, 0.717) is 18.7 Å². The number of anilines is 1. The average Bonchev–Trinajstić information content (AvgIpc) is 2.82. The second-order valence-corrected chi connectivity index (χ2v) is 7.17. The first-order valence-electron chi connectivity index (χ1n) is 10.1. The zero-order chi connectivity index (χ0) is 22.2. The quantitative estimate of drug-likeness (QED) is 0.526. The van der Waals surface area contributed by atoms with Crippen molar-refractivity contribution in [3.63, 3.8) is 0 Å². The molecule has 2 aromatic carbocycles. The van der Waals surface area contributed by atoms with Gasteiger partial charge in [-0.2, -0.15) is 0 Å².